The van der Waals surface area contributed by atoms with Crippen LogP contribution in [0, 0.1) is 0 Å². The van der Waals surface area contributed by atoms with E-state index < -0.39 is 23.0 Å². The molecule has 0 aliphatic carbocycles. The minimum absolute atomic E-state index is 0. The van der Waals surface area contributed by atoms with Crippen LogP contribution >= 0.6 is 0 Å². The van der Waals surface area contributed by atoms with Crippen LogP contribution in [0.3, 0.4) is 0 Å². The van der Waals surface area contributed by atoms with Gasteiger partial charge in [-0.2, -0.15) is 0 Å². The van der Waals surface area contributed by atoms with E-state index in [0.29, 0.717) is 0 Å². The number of rotatable bonds is 5. The second-order valence-corrected chi connectivity index (χ2v) is 3.52. The zero-order valence-corrected chi connectivity index (χ0v) is 11.3. The van der Waals surface area contributed by atoms with Gasteiger partial charge >= 0.3 is 0 Å². The van der Waals surface area contributed by atoms with Crippen molar-refractivity contribution in [3.05, 3.63) is 0 Å². The Morgan fingerprint density at radius 3 is 1.27 bits per heavy atom. The Labute approximate surface area is 105 Å². The van der Waals surface area contributed by atoms with Crippen molar-refractivity contribution in [3.8, 4) is 0 Å². The number of ether oxygens (including phenoxy) is 1. The van der Waals surface area contributed by atoms with Gasteiger partial charge in [-0.05, 0) is 34.6 Å². The molecule has 0 aromatic rings. The van der Waals surface area contributed by atoms with E-state index >= 15 is 0 Å². The average Bonchev–Trinajstić information content (AvgIpc) is 1.97. The molecule has 84 valence electrons. The summed E-state index contributed by atoms with van der Waals surface area (Å²) in [7, 11) is 0. The van der Waals surface area contributed by atoms with Gasteiger partial charge in [-0.25, -0.2) is 0 Å². The first-order valence-electron chi connectivity index (χ1n) is 4.46. The number of carbonyl (C=O) groups excluding carboxylic acids is 3. The predicted octanol–water partition coefficient (Wildman–Crippen LogP) is 0.915. The normalized spacial score (nSPS) is 10.8. The fourth-order valence-electron chi connectivity index (χ4n) is 1.35. The molecule has 0 aliphatic heterocycles. The Hall–Kier alpha value is -0.316. The molecule has 5 heteroatoms. The first-order valence-corrected chi connectivity index (χ1v) is 4.46. The third kappa shape index (κ3) is 3.63. The fraction of sp³-hybridized carbons (Fsp3) is 0.700. The number of ketones is 3. The Kier molecular flexibility index (Phi) is 7.19. The van der Waals surface area contributed by atoms with Gasteiger partial charge in [0.2, 0.25) is 5.60 Å². The molecule has 0 saturated carbocycles. The van der Waals surface area contributed by atoms with Crippen LogP contribution in [0.15, 0.2) is 0 Å². The van der Waals surface area contributed by atoms with Crippen molar-refractivity contribution in [2.45, 2.75) is 46.3 Å². The second-order valence-electron chi connectivity index (χ2n) is 3.52. The van der Waals surface area contributed by atoms with Gasteiger partial charge < -0.3 is 4.74 Å². The predicted molar refractivity (Wildman–Crippen MR) is 51.0 cm³/mol. The zero-order chi connectivity index (χ0) is 11.5. The number of hydrogen-bond acceptors (Lipinski definition) is 4. The summed E-state index contributed by atoms with van der Waals surface area (Å²) in [6, 6.07) is 0. The molecular weight excluding hydrogens is 232 g/mol. The van der Waals surface area contributed by atoms with Crippen molar-refractivity contribution in [1.29, 1.82) is 0 Å². The summed E-state index contributed by atoms with van der Waals surface area (Å²) in [5.74, 6) is -1.69. The van der Waals surface area contributed by atoms with Crippen molar-refractivity contribution in [2.24, 2.45) is 0 Å². The van der Waals surface area contributed by atoms with Gasteiger partial charge in [0.25, 0.3) is 0 Å². The van der Waals surface area contributed by atoms with E-state index in [1.165, 1.54) is 20.8 Å². The van der Waals surface area contributed by atoms with Gasteiger partial charge in [0.15, 0.2) is 17.3 Å². The molecule has 4 nitrogen and oxygen atoms in total. The Morgan fingerprint density at radius 2 is 1.20 bits per heavy atom. The molecule has 0 aromatic carbocycles. The number of carbonyl (C=O) groups is 3. The number of Topliss-reactive ketones (excluding diaryl/α,β-unsaturated/α-hetero) is 3. The largest absolute Gasteiger partial charge is 0.350 e. The van der Waals surface area contributed by atoms with E-state index in [4.69, 9.17) is 4.74 Å². The van der Waals surface area contributed by atoms with Crippen molar-refractivity contribution in [2.75, 3.05) is 0 Å². The van der Waals surface area contributed by atoms with Crippen molar-refractivity contribution < 1.29 is 40.8 Å². The van der Waals surface area contributed by atoms with Crippen LogP contribution in [-0.4, -0.2) is 29.1 Å². The summed E-state index contributed by atoms with van der Waals surface area (Å²) in [5, 5.41) is 0. The summed E-state index contributed by atoms with van der Waals surface area (Å²) in [6.45, 7) is 6.90. The topological polar surface area (TPSA) is 60.4 Å². The first-order chi connectivity index (χ1) is 6.25. The first kappa shape index (κ1) is 17.1. The molecule has 0 spiro atoms. The SMILES string of the molecule is CC(=O)C(OC(C)C)(C(C)=O)C(C)=O.[Ti]. The molecule has 0 amide bonds. The van der Waals surface area contributed by atoms with Gasteiger partial charge in [0.05, 0.1) is 6.10 Å². The maximum atomic E-state index is 11.3. The summed E-state index contributed by atoms with van der Waals surface area (Å²) in [5.41, 5.74) is -1.89. The smallest absolute Gasteiger partial charge is 0.242 e. The summed E-state index contributed by atoms with van der Waals surface area (Å²) >= 11 is 0. The monoisotopic (exact) mass is 248 g/mol. The zero-order valence-electron chi connectivity index (χ0n) is 9.71. The molecule has 0 atom stereocenters. The molecule has 0 rings (SSSR count). The van der Waals surface area contributed by atoms with Gasteiger partial charge in [-0.3, -0.25) is 14.4 Å². The Morgan fingerprint density at radius 1 is 0.933 bits per heavy atom. The van der Waals surface area contributed by atoms with Gasteiger partial charge in [0, 0.05) is 21.7 Å². The Bertz CT molecular complexity index is 235. The number of hydrogen-bond donors (Lipinski definition) is 0. The van der Waals surface area contributed by atoms with Gasteiger partial charge in [0.1, 0.15) is 0 Å². The molecule has 0 saturated heterocycles. The van der Waals surface area contributed by atoms with Gasteiger partial charge in [-0.1, -0.05) is 0 Å². The molecule has 0 heterocycles. The van der Waals surface area contributed by atoms with Crippen LogP contribution in [-0.2, 0) is 40.8 Å². The third-order valence-electron chi connectivity index (χ3n) is 1.90. The molecular formula is C10H16O4Ti. The molecule has 0 radical (unpaired) electrons. The van der Waals surface area contributed by atoms with Crippen molar-refractivity contribution in [1.82, 2.24) is 0 Å². The summed E-state index contributed by atoms with van der Waals surface area (Å²) in [6.07, 6.45) is -0.355. The fourth-order valence-corrected chi connectivity index (χ4v) is 1.35. The molecule has 0 unspecified atom stereocenters. The van der Waals surface area contributed by atoms with E-state index in [1.807, 2.05) is 0 Å². The maximum Gasteiger partial charge on any atom is 0.242 e. The van der Waals surface area contributed by atoms with Gasteiger partial charge in [-0.15, -0.1) is 0 Å². The molecule has 0 fully saturated rings. The van der Waals surface area contributed by atoms with Crippen LogP contribution in [0.2, 0.25) is 0 Å². The van der Waals surface area contributed by atoms with Crippen LogP contribution < -0.4 is 0 Å². The van der Waals surface area contributed by atoms with E-state index in [1.54, 1.807) is 13.8 Å². The quantitative estimate of drug-likeness (QED) is 0.536. The van der Waals surface area contributed by atoms with E-state index in [-0.39, 0.29) is 27.8 Å². The van der Waals surface area contributed by atoms with Crippen LogP contribution in [0.5, 0.6) is 0 Å². The second kappa shape index (κ2) is 6.31. The van der Waals surface area contributed by atoms with Crippen LogP contribution in [0.1, 0.15) is 34.6 Å². The standard InChI is InChI=1S/C10H16O4.Ti/c1-6(2)14-10(7(3)11,8(4)12)9(5)13;/h6H,1-5H3;. The van der Waals surface area contributed by atoms with E-state index in [2.05, 4.69) is 0 Å². The van der Waals surface area contributed by atoms with Crippen molar-refractivity contribution >= 4 is 17.3 Å². The minimum atomic E-state index is -1.89. The Balaban J connectivity index is 0. The summed E-state index contributed by atoms with van der Waals surface area (Å²) < 4.78 is 5.17. The van der Waals surface area contributed by atoms with Crippen LogP contribution in [0.25, 0.3) is 0 Å². The average molecular weight is 248 g/mol. The molecule has 0 bridgehead atoms. The van der Waals surface area contributed by atoms with E-state index in [9.17, 15) is 14.4 Å². The summed E-state index contributed by atoms with van der Waals surface area (Å²) in [4.78, 5) is 34.0. The minimum Gasteiger partial charge on any atom is -0.350 e. The van der Waals surface area contributed by atoms with Crippen LogP contribution in [0.4, 0.5) is 0 Å². The molecule has 0 aliphatic rings. The maximum absolute atomic E-state index is 11.3. The molecule has 0 aromatic heterocycles. The van der Waals surface area contributed by atoms with Crippen molar-refractivity contribution in [3.63, 3.8) is 0 Å². The third-order valence-corrected chi connectivity index (χ3v) is 1.90. The molecule has 15 heavy (non-hydrogen) atoms. The van der Waals surface area contributed by atoms with E-state index in [0.717, 1.165) is 0 Å². The molecule has 0 N–H and O–H groups in total.